The Morgan fingerprint density at radius 2 is 1.91 bits per heavy atom. The number of hydrogen-bond donors (Lipinski definition) is 1. The largest absolute Gasteiger partial charge is 0.569 e. The first kappa shape index (κ1) is 16.2. The number of aliphatic carboxylic acids is 1. The summed E-state index contributed by atoms with van der Waals surface area (Å²) in [6.45, 7) is 0.729. The number of carbonyl (C=O) groups is 3. The summed E-state index contributed by atoms with van der Waals surface area (Å²) in [6.07, 6.45) is 0. The average molecular weight is 322 g/mol. The van der Waals surface area contributed by atoms with Crippen molar-refractivity contribution in [3.63, 3.8) is 0 Å². The predicted molar refractivity (Wildman–Crippen MR) is 73.8 cm³/mol. The minimum Gasteiger partial charge on any atom is -0.569 e. The maximum atomic E-state index is 12.0. The molecule has 0 radical (unpaired) electrons. The molecule has 0 unspecified atom stereocenters. The normalized spacial score (nSPS) is 15.4. The van der Waals surface area contributed by atoms with Crippen molar-refractivity contribution in [3.05, 3.63) is 40.6 Å². The fraction of sp³-hybridized carbons (Fsp3) is 0.308. The quantitative estimate of drug-likeness (QED) is 0.349. The van der Waals surface area contributed by atoms with E-state index in [0.717, 1.165) is 9.91 Å². The minimum absolute atomic E-state index is 0.0725. The number of imide groups is 1. The number of hydrogen-bond acceptors (Lipinski definition) is 6. The fourth-order valence-electron chi connectivity index (χ4n) is 1.85. The molecule has 0 aromatic heterocycles. The number of fused-ring (bicyclic) bond motifs is 1. The van der Waals surface area contributed by atoms with Crippen molar-refractivity contribution >= 4 is 17.8 Å². The molecule has 23 heavy (non-hydrogen) atoms. The topological polar surface area (TPSA) is 126 Å². The highest BCUT2D eigenvalue weighted by Gasteiger charge is 2.35. The van der Waals surface area contributed by atoms with Gasteiger partial charge in [0.2, 0.25) is 12.0 Å². The number of carbonyl (C=O) groups excluding carboxylic acids is 2. The van der Waals surface area contributed by atoms with Gasteiger partial charge in [-0.15, -0.1) is 5.01 Å². The first-order chi connectivity index (χ1) is 10.8. The molecular weight excluding hydrogens is 308 g/mol. The van der Waals surface area contributed by atoms with Gasteiger partial charge >= 0.3 is 5.97 Å². The number of carboxylic acids is 1. The summed E-state index contributed by atoms with van der Waals surface area (Å²) in [6, 6.07) is 5.14. The fourth-order valence-corrected chi connectivity index (χ4v) is 1.85. The molecule has 10 nitrogen and oxygen atoms in total. The second-order valence-electron chi connectivity index (χ2n) is 4.76. The highest BCUT2D eigenvalue weighted by atomic mass is 16.7. The Morgan fingerprint density at radius 3 is 2.39 bits per heavy atom. The van der Waals surface area contributed by atoms with Crippen LogP contribution in [-0.4, -0.2) is 57.6 Å². The number of rotatable bonds is 6. The van der Waals surface area contributed by atoms with Crippen molar-refractivity contribution in [1.29, 1.82) is 0 Å². The van der Waals surface area contributed by atoms with E-state index >= 15 is 0 Å². The molecule has 0 aliphatic carbocycles. The maximum Gasteiger partial charge on any atom is 0.331 e. The van der Waals surface area contributed by atoms with Gasteiger partial charge in [0.1, 0.15) is 0 Å². The third kappa shape index (κ3) is 3.05. The van der Waals surface area contributed by atoms with Gasteiger partial charge in [-0.3, -0.25) is 9.59 Å². The van der Waals surface area contributed by atoms with E-state index in [1.807, 2.05) is 0 Å². The van der Waals surface area contributed by atoms with Gasteiger partial charge in [-0.2, -0.15) is 0 Å². The molecule has 122 valence electrons. The van der Waals surface area contributed by atoms with Crippen molar-refractivity contribution in [3.8, 4) is 0 Å². The third-order valence-corrected chi connectivity index (χ3v) is 3.38. The molecule has 1 aliphatic heterocycles. The van der Waals surface area contributed by atoms with Crippen LogP contribution in [0.4, 0.5) is 0 Å². The Kier molecular flexibility index (Phi) is 4.44. The van der Waals surface area contributed by atoms with Crippen LogP contribution in [0.3, 0.4) is 0 Å². The third-order valence-electron chi connectivity index (χ3n) is 3.38. The zero-order valence-electron chi connectivity index (χ0n) is 12.4. The van der Waals surface area contributed by atoms with Crippen molar-refractivity contribution in [2.45, 2.75) is 13.0 Å². The van der Waals surface area contributed by atoms with E-state index in [2.05, 4.69) is 5.28 Å². The molecule has 0 saturated carbocycles. The van der Waals surface area contributed by atoms with E-state index in [1.54, 1.807) is 12.1 Å². The second kappa shape index (κ2) is 6.30. The van der Waals surface area contributed by atoms with Crippen molar-refractivity contribution in [2.75, 3.05) is 13.8 Å². The van der Waals surface area contributed by atoms with E-state index in [1.165, 1.54) is 26.1 Å². The lowest BCUT2D eigenvalue weighted by atomic mass is 10.1. The van der Waals surface area contributed by atoms with Crippen LogP contribution >= 0.6 is 0 Å². The average Bonchev–Trinajstić information content (AvgIpc) is 2.78. The van der Waals surface area contributed by atoms with Gasteiger partial charge in [-0.1, -0.05) is 12.1 Å². The van der Waals surface area contributed by atoms with Crippen LogP contribution in [0.5, 0.6) is 0 Å². The van der Waals surface area contributed by atoms with Crippen LogP contribution in [-0.2, 0) is 9.63 Å². The van der Waals surface area contributed by atoms with Gasteiger partial charge in [0.05, 0.1) is 23.1 Å². The van der Waals surface area contributed by atoms with Crippen LogP contribution in [0.25, 0.3) is 0 Å². The molecule has 1 N–H and O–H groups in total. The van der Waals surface area contributed by atoms with Gasteiger partial charge in [0.25, 0.3) is 11.8 Å². The van der Waals surface area contributed by atoms with E-state index in [0.29, 0.717) is 0 Å². The van der Waals surface area contributed by atoms with Crippen LogP contribution in [0.15, 0.2) is 29.5 Å². The van der Waals surface area contributed by atoms with Crippen LogP contribution in [0.2, 0.25) is 0 Å². The molecule has 0 bridgehead atoms. The van der Waals surface area contributed by atoms with Gasteiger partial charge in [0.15, 0.2) is 6.04 Å². The van der Waals surface area contributed by atoms with Crippen molar-refractivity contribution in [1.82, 2.24) is 9.91 Å². The zero-order chi connectivity index (χ0) is 17.1. The molecule has 1 aromatic carbocycles. The molecule has 1 heterocycles. The molecule has 0 saturated heterocycles. The summed E-state index contributed by atoms with van der Waals surface area (Å²) < 4.78 is 0. The first-order valence-electron chi connectivity index (χ1n) is 6.55. The number of nitrogens with zero attached hydrogens (tertiary/aromatic N) is 4. The molecule has 1 atom stereocenters. The van der Waals surface area contributed by atoms with E-state index in [9.17, 15) is 19.6 Å². The van der Waals surface area contributed by atoms with Gasteiger partial charge < -0.3 is 15.2 Å². The van der Waals surface area contributed by atoms with Crippen molar-refractivity contribution < 1.29 is 29.3 Å². The Balaban J connectivity index is 2.00. The number of carboxylic acid groups (broad SMARTS) is 1. The number of likely N-dealkylation sites (N-methyl/N-ethyl adjacent to an activating group) is 1. The summed E-state index contributed by atoms with van der Waals surface area (Å²) >= 11 is 0. The Labute approximate surface area is 130 Å². The first-order valence-corrected chi connectivity index (χ1v) is 6.55. The molecule has 1 aliphatic rings. The van der Waals surface area contributed by atoms with Gasteiger partial charge in [0, 0.05) is 0 Å². The lowest BCUT2D eigenvalue weighted by Gasteiger charge is -2.17. The monoisotopic (exact) mass is 322 g/mol. The van der Waals surface area contributed by atoms with Crippen molar-refractivity contribution in [2.24, 2.45) is 5.28 Å². The Hall–Kier alpha value is -3.17. The Morgan fingerprint density at radius 1 is 1.39 bits per heavy atom. The Bertz CT molecular complexity index is 654. The SMILES string of the molecule is C[C@@H](C(=O)O)N(C)/[N+]([O-])=N\OCN1C(=O)c2ccccc2C1=O. The number of hydrazine groups is 1. The minimum atomic E-state index is -1.22. The molecular formula is C13H14N4O6. The lowest BCUT2D eigenvalue weighted by Crippen LogP contribution is -2.40. The van der Waals surface area contributed by atoms with Crippen LogP contribution < -0.4 is 0 Å². The molecule has 2 rings (SSSR count). The zero-order valence-corrected chi connectivity index (χ0v) is 12.4. The molecule has 10 heteroatoms. The highest BCUT2D eigenvalue weighted by molar-refractivity contribution is 6.21. The van der Waals surface area contributed by atoms with Gasteiger partial charge in [-0.05, 0) is 19.1 Å². The number of benzene rings is 1. The molecule has 0 fully saturated rings. The molecule has 2 amide bonds. The van der Waals surface area contributed by atoms with E-state index in [4.69, 9.17) is 9.94 Å². The van der Waals surface area contributed by atoms with E-state index in [-0.39, 0.29) is 16.1 Å². The van der Waals surface area contributed by atoms with Crippen LogP contribution in [0.1, 0.15) is 27.6 Å². The van der Waals surface area contributed by atoms with Crippen LogP contribution in [0, 0.1) is 5.21 Å². The summed E-state index contributed by atoms with van der Waals surface area (Å²) in [5.41, 5.74) is 0.494. The summed E-state index contributed by atoms with van der Waals surface area (Å²) in [7, 11) is 1.21. The van der Waals surface area contributed by atoms with E-state index < -0.39 is 30.6 Å². The summed E-state index contributed by atoms with van der Waals surface area (Å²) in [5.74, 6) is -2.32. The highest BCUT2D eigenvalue weighted by Crippen LogP contribution is 2.22. The maximum absolute atomic E-state index is 12.0. The van der Waals surface area contributed by atoms with Gasteiger partial charge in [-0.25, -0.2) is 9.69 Å². The summed E-state index contributed by atoms with van der Waals surface area (Å²) in [4.78, 5) is 40.2. The molecule has 1 aromatic rings. The second-order valence-corrected chi connectivity index (χ2v) is 4.76. The number of amides is 2. The lowest BCUT2D eigenvalue weighted by molar-refractivity contribution is -0.710. The molecule has 0 spiro atoms. The summed E-state index contributed by atoms with van der Waals surface area (Å²) in [5, 5.41) is 24.2. The standard InChI is InChI=1S/C13H14N4O6/c1-8(13(20)21)15(2)17(22)14-23-7-16-11(18)9-5-3-4-6-10(9)12(16)19/h3-6,8H,7H2,1-2H3,(H,20,21)/b17-14+/t8-/m0/s1. The smallest absolute Gasteiger partial charge is 0.331 e. The predicted octanol–water partition coefficient (Wildman–Crippen LogP) is 0.454.